The topological polar surface area (TPSA) is 88.3 Å². The number of carbonyl (C=O) groups is 2. The van der Waals surface area contributed by atoms with Crippen molar-refractivity contribution in [2.24, 2.45) is 0 Å². The first kappa shape index (κ1) is 24.2. The van der Waals surface area contributed by atoms with Crippen LogP contribution in [-0.2, 0) is 23.3 Å². The van der Waals surface area contributed by atoms with Crippen molar-refractivity contribution < 1.29 is 27.3 Å². The molecule has 2 aromatic heterocycles. The van der Waals surface area contributed by atoms with Crippen LogP contribution in [0.1, 0.15) is 41.0 Å². The lowest BCUT2D eigenvalue weighted by molar-refractivity contribution is -0.122. The van der Waals surface area contributed by atoms with E-state index < -0.39 is 40.9 Å². The molecule has 0 aliphatic carbocycles. The lowest BCUT2D eigenvalue weighted by atomic mass is 9.86. The van der Waals surface area contributed by atoms with Gasteiger partial charge in [-0.05, 0) is 60.7 Å². The molecule has 0 saturated carbocycles. The zero-order chi connectivity index (χ0) is 25.8. The van der Waals surface area contributed by atoms with Gasteiger partial charge in [0.15, 0.2) is 0 Å². The predicted octanol–water partition coefficient (Wildman–Crippen LogP) is 5.00. The second kappa shape index (κ2) is 8.87. The van der Waals surface area contributed by atoms with E-state index in [4.69, 9.17) is 4.52 Å². The van der Waals surface area contributed by atoms with Gasteiger partial charge in [-0.2, -0.15) is 0 Å². The van der Waals surface area contributed by atoms with Gasteiger partial charge in [0.05, 0.1) is 23.0 Å². The van der Waals surface area contributed by atoms with Crippen LogP contribution in [0, 0.1) is 21.0 Å². The largest absolute Gasteiger partial charge is 0.348 e. The molecular formula is C25H18F3IN4O3. The van der Waals surface area contributed by atoms with Crippen LogP contribution in [0.5, 0.6) is 0 Å². The van der Waals surface area contributed by atoms with Gasteiger partial charge in [-0.1, -0.05) is 5.16 Å². The van der Waals surface area contributed by atoms with Gasteiger partial charge in [-0.25, -0.2) is 18.2 Å². The highest BCUT2D eigenvalue weighted by molar-refractivity contribution is 14.1. The molecule has 0 bridgehead atoms. The van der Waals surface area contributed by atoms with Crippen molar-refractivity contribution in [2.45, 2.75) is 32.4 Å². The van der Waals surface area contributed by atoms with E-state index in [9.17, 15) is 22.8 Å². The highest BCUT2D eigenvalue weighted by Crippen LogP contribution is 2.45. The van der Waals surface area contributed by atoms with Crippen molar-refractivity contribution in [3.63, 3.8) is 0 Å². The number of nitrogens with one attached hydrogen (secondary N) is 1. The number of fused-ring (bicyclic) bond motifs is 2. The Morgan fingerprint density at radius 1 is 1.17 bits per heavy atom. The van der Waals surface area contributed by atoms with Crippen LogP contribution < -0.4 is 10.2 Å². The molecule has 2 aromatic carbocycles. The minimum Gasteiger partial charge on any atom is -0.348 e. The Balaban J connectivity index is 1.47. The molecular weight excluding hydrogens is 588 g/mol. The summed E-state index contributed by atoms with van der Waals surface area (Å²) in [5.74, 6) is -4.01. The van der Waals surface area contributed by atoms with Gasteiger partial charge >= 0.3 is 0 Å². The fraction of sp³-hybridized carbons (Fsp3) is 0.200. The molecule has 4 aromatic rings. The van der Waals surface area contributed by atoms with E-state index in [1.165, 1.54) is 4.90 Å². The van der Waals surface area contributed by atoms with Gasteiger partial charge in [0.25, 0.3) is 11.6 Å². The molecule has 0 saturated heterocycles. The minimum atomic E-state index is -1.09. The number of amides is 2. The number of halogens is 4. The standard InChI is InChI=1S/C25H18F3IN4O3/c1-25(2)21-18(29)6-12(22(34)31-10-15-16(27)8-13(26)9-17(15)28)7-20(21)33(24(25)35)11-19-14-4-3-5-30-23(14)36-32-19/h3-9H,10-11H2,1-2H3,(H,31,34). The molecule has 2 amide bonds. The number of pyridine rings is 1. The predicted molar refractivity (Wildman–Crippen MR) is 133 cm³/mol. The quantitative estimate of drug-likeness (QED) is 0.324. The van der Waals surface area contributed by atoms with Crippen LogP contribution in [-0.4, -0.2) is 22.0 Å². The maximum Gasteiger partial charge on any atom is 0.257 e. The third-order valence-corrected chi connectivity index (χ3v) is 7.04. The lowest BCUT2D eigenvalue weighted by Crippen LogP contribution is -2.36. The molecule has 0 radical (unpaired) electrons. The minimum absolute atomic E-state index is 0.0983. The number of hydrogen-bond donors (Lipinski definition) is 1. The summed E-state index contributed by atoms with van der Waals surface area (Å²) >= 11 is 2.06. The number of aromatic nitrogens is 2. The Kier molecular flexibility index (Phi) is 5.97. The highest BCUT2D eigenvalue weighted by Gasteiger charge is 2.46. The van der Waals surface area contributed by atoms with Crippen molar-refractivity contribution >= 4 is 51.2 Å². The van der Waals surface area contributed by atoms with Crippen LogP contribution in [0.15, 0.2) is 47.1 Å². The van der Waals surface area contributed by atoms with Crippen LogP contribution in [0.4, 0.5) is 18.9 Å². The zero-order valence-electron chi connectivity index (χ0n) is 19.0. The Morgan fingerprint density at radius 3 is 2.61 bits per heavy atom. The molecule has 3 heterocycles. The van der Waals surface area contributed by atoms with Gasteiger partial charge < -0.3 is 14.7 Å². The number of carbonyl (C=O) groups excluding carboxylic acids is 2. The normalized spacial score (nSPS) is 14.4. The molecule has 1 aliphatic heterocycles. The SMILES string of the molecule is CC1(C)C(=O)N(Cc2noc3ncccc23)c2cc(C(=O)NCc3c(F)cc(F)cc3F)cc(I)c21. The summed E-state index contributed by atoms with van der Waals surface area (Å²) in [6, 6.07) is 7.82. The first-order valence-corrected chi connectivity index (χ1v) is 11.9. The van der Waals surface area contributed by atoms with E-state index in [1.807, 2.05) is 0 Å². The van der Waals surface area contributed by atoms with E-state index in [-0.39, 0.29) is 18.0 Å². The number of anilines is 1. The summed E-state index contributed by atoms with van der Waals surface area (Å²) < 4.78 is 47.1. The molecule has 11 heteroatoms. The summed E-state index contributed by atoms with van der Waals surface area (Å²) in [7, 11) is 0. The highest BCUT2D eigenvalue weighted by atomic mass is 127. The number of hydrogen-bond acceptors (Lipinski definition) is 5. The first-order chi connectivity index (χ1) is 17.1. The Hall–Kier alpha value is -3.48. The number of benzene rings is 2. The zero-order valence-corrected chi connectivity index (χ0v) is 21.2. The van der Waals surface area contributed by atoms with E-state index in [0.717, 1.165) is 5.56 Å². The van der Waals surface area contributed by atoms with Crippen molar-refractivity contribution in [2.75, 3.05) is 4.90 Å². The van der Waals surface area contributed by atoms with Crippen molar-refractivity contribution in [1.29, 1.82) is 0 Å². The second-order valence-electron chi connectivity index (χ2n) is 8.88. The molecule has 0 spiro atoms. The average Bonchev–Trinajstić information content (AvgIpc) is 3.31. The second-order valence-corrected chi connectivity index (χ2v) is 10.0. The molecule has 1 N–H and O–H groups in total. The average molecular weight is 606 g/mol. The molecule has 0 fully saturated rings. The molecule has 0 atom stereocenters. The van der Waals surface area contributed by atoms with Crippen LogP contribution in [0.3, 0.4) is 0 Å². The smallest absolute Gasteiger partial charge is 0.257 e. The number of nitrogens with zero attached hydrogens (tertiary/aromatic N) is 3. The van der Waals surface area contributed by atoms with Gasteiger partial charge in [0.1, 0.15) is 23.1 Å². The molecule has 7 nitrogen and oxygen atoms in total. The van der Waals surface area contributed by atoms with Crippen molar-refractivity contribution in [3.05, 3.63) is 86.0 Å². The fourth-order valence-corrected chi connectivity index (χ4v) is 5.66. The third-order valence-electron chi connectivity index (χ3n) is 6.19. The van der Waals surface area contributed by atoms with Crippen LogP contribution >= 0.6 is 22.6 Å². The Bertz CT molecular complexity index is 1530. The van der Waals surface area contributed by atoms with Crippen molar-refractivity contribution in [3.8, 4) is 0 Å². The lowest BCUT2D eigenvalue weighted by Gasteiger charge is -2.19. The molecule has 0 unspecified atom stereocenters. The fourth-order valence-electron chi connectivity index (χ4n) is 4.37. The van der Waals surface area contributed by atoms with Gasteiger partial charge in [0.2, 0.25) is 5.91 Å². The first-order valence-electron chi connectivity index (χ1n) is 10.8. The number of rotatable bonds is 5. The Labute approximate surface area is 216 Å². The summed E-state index contributed by atoms with van der Waals surface area (Å²) in [5.41, 5.74) is 1.03. The van der Waals surface area contributed by atoms with E-state index in [1.54, 1.807) is 44.3 Å². The van der Waals surface area contributed by atoms with E-state index in [0.29, 0.717) is 38.2 Å². The maximum absolute atomic E-state index is 14.0. The monoisotopic (exact) mass is 606 g/mol. The van der Waals surface area contributed by atoms with Gasteiger partial charge in [-0.15, -0.1) is 0 Å². The summed E-state index contributed by atoms with van der Waals surface area (Å²) in [4.78, 5) is 32.0. The van der Waals surface area contributed by atoms with E-state index >= 15 is 0 Å². The van der Waals surface area contributed by atoms with Gasteiger partial charge in [0, 0.05) is 45.1 Å². The molecule has 36 heavy (non-hydrogen) atoms. The summed E-state index contributed by atoms with van der Waals surface area (Å²) in [6.07, 6.45) is 1.58. The molecule has 5 rings (SSSR count). The van der Waals surface area contributed by atoms with Gasteiger partial charge in [-0.3, -0.25) is 9.59 Å². The third kappa shape index (κ3) is 4.00. The molecule has 184 valence electrons. The van der Waals surface area contributed by atoms with Crippen molar-refractivity contribution in [1.82, 2.24) is 15.5 Å². The van der Waals surface area contributed by atoms with E-state index in [2.05, 4.69) is 38.0 Å². The molecule has 1 aliphatic rings. The summed E-state index contributed by atoms with van der Waals surface area (Å²) in [5, 5.41) is 7.21. The maximum atomic E-state index is 14.0. The summed E-state index contributed by atoms with van der Waals surface area (Å²) in [6.45, 7) is 3.23. The van der Waals surface area contributed by atoms with Crippen LogP contribution in [0.25, 0.3) is 11.1 Å². The van der Waals surface area contributed by atoms with Crippen LogP contribution in [0.2, 0.25) is 0 Å². The Morgan fingerprint density at radius 2 is 1.89 bits per heavy atom.